The molecule has 0 aliphatic rings. The third kappa shape index (κ3) is 5.66. The Morgan fingerprint density at radius 2 is 0.948 bits per heavy atom. The summed E-state index contributed by atoms with van der Waals surface area (Å²) in [6.07, 6.45) is -4.83. The number of fused-ring (bicyclic) bond motifs is 6. The third-order valence-corrected chi connectivity index (χ3v) is 11.3. The molecule has 0 radical (unpaired) electrons. The Hall–Kier alpha value is -7.36. The molecule has 10 aromatic rings. The Kier molecular flexibility index (Phi) is 8.10. The van der Waals surface area contributed by atoms with Gasteiger partial charge in [0.25, 0.3) is 0 Å². The molecule has 2 heterocycles. The van der Waals surface area contributed by atoms with Gasteiger partial charge in [-0.05, 0) is 84.1 Å². The summed E-state index contributed by atoms with van der Waals surface area (Å²) in [4.78, 5) is 0. The molecule has 0 atom stereocenters. The highest BCUT2D eigenvalue weighted by molar-refractivity contribution is 6.12. The topological polar surface area (TPSA) is 33.6 Å². The first-order valence-electron chi connectivity index (χ1n) is 19.1. The van der Waals surface area contributed by atoms with Gasteiger partial charge in [-0.2, -0.15) is 18.4 Å². The zero-order valence-electron chi connectivity index (χ0n) is 31.6. The van der Waals surface area contributed by atoms with Crippen molar-refractivity contribution in [1.29, 1.82) is 5.26 Å². The molecule has 0 N–H and O–H groups in total. The molecule has 0 saturated heterocycles. The number of benzene rings is 8. The molecule has 0 bridgehead atoms. The number of alkyl halides is 3. The normalized spacial score (nSPS) is 11.9. The van der Waals surface area contributed by atoms with Crippen molar-refractivity contribution in [2.75, 3.05) is 0 Å². The van der Waals surface area contributed by atoms with Gasteiger partial charge in [-0.25, -0.2) is 0 Å². The van der Waals surface area contributed by atoms with Gasteiger partial charge in [-0.3, -0.25) is 0 Å². The van der Waals surface area contributed by atoms with Crippen molar-refractivity contribution in [2.45, 2.75) is 20.0 Å². The smallest absolute Gasteiger partial charge is 0.309 e. The lowest BCUT2D eigenvalue weighted by Gasteiger charge is -2.24. The lowest BCUT2D eigenvalue weighted by atomic mass is 9.96. The van der Waals surface area contributed by atoms with Gasteiger partial charge in [-0.15, -0.1) is 0 Å². The van der Waals surface area contributed by atoms with Gasteiger partial charge in [0.2, 0.25) is 0 Å². The van der Waals surface area contributed by atoms with Crippen molar-refractivity contribution in [3.05, 3.63) is 192 Å². The Balaban J connectivity index is 1.37. The monoisotopic (exact) mass is 757 g/mol. The summed E-state index contributed by atoms with van der Waals surface area (Å²) in [6, 6.07) is 56.1. The standard InChI is InChI=1S/C52H34F3N3/c1-32-14-18-35(19-15-32)37-22-24-43-41-10-3-5-12-45(41)57(48(43)29-37)47-27-26-40(39-9-7-8-34(28-39)31-56)51(50(47)52(53,54)55)58-46-13-6-4-11-42(46)44-25-23-38(30-49(44)58)36-20-16-33(2)17-21-36/h3-30H,1-2H3. The first kappa shape index (κ1) is 35.1. The van der Waals surface area contributed by atoms with E-state index in [0.717, 1.165) is 54.9 Å². The number of rotatable bonds is 5. The maximum absolute atomic E-state index is 16.6. The SMILES string of the molecule is Cc1ccc(-c2ccc3c4ccccc4n(-c4ccc(-c5cccc(C#N)c5)c(-n5c6ccccc6c6ccc(-c7ccc(C)cc7)cc65)c4C(F)(F)F)c3c2)cc1. The maximum Gasteiger partial charge on any atom is 0.420 e. The molecule has 0 aliphatic carbocycles. The molecule has 8 aromatic carbocycles. The molecule has 0 fully saturated rings. The molecule has 0 saturated carbocycles. The van der Waals surface area contributed by atoms with Gasteiger partial charge in [0.1, 0.15) is 5.56 Å². The van der Waals surface area contributed by atoms with Crippen LogP contribution >= 0.6 is 0 Å². The van der Waals surface area contributed by atoms with Gasteiger partial charge in [0.15, 0.2) is 0 Å². The van der Waals surface area contributed by atoms with Crippen LogP contribution in [0.15, 0.2) is 170 Å². The number of para-hydroxylation sites is 2. The van der Waals surface area contributed by atoms with E-state index in [4.69, 9.17) is 0 Å². The highest BCUT2D eigenvalue weighted by Crippen LogP contribution is 2.48. The molecule has 278 valence electrons. The van der Waals surface area contributed by atoms with Crippen molar-refractivity contribution in [3.63, 3.8) is 0 Å². The van der Waals surface area contributed by atoms with Crippen LogP contribution in [0.25, 0.3) is 88.4 Å². The average molecular weight is 758 g/mol. The van der Waals surface area contributed by atoms with E-state index in [-0.39, 0.29) is 11.4 Å². The van der Waals surface area contributed by atoms with Gasteiger partial charge in [-0.1, -0.05) is 139 Å². The second kappa shape index (κ2) is 13.4. The number of hydrogen-bond donors (Lipinski definition) is 0. The van der Waals surface area contributed by atoms with E-state index < -0.39 is 11.7 Å². The molecule has 10 rings (SSSR count). The quantitative estimate of drug-likeness (QED) is 0.172. The van der Waals surface area contributed by atoms with E-state index in [0.29, 0.717) is 38.8 Å². The predicted molar refractivity (Wildman–Crippen MR) is 231 cm³/mol. The van der Waals surface area contributed by atoms with Gasteiger partial charge in [0, 0.05) is 27.1 Å². The predicted octanol–water partition coefficient (Wildman–Crippen LogP) is 14.4. The minimum atomic E-state index is -4.83. The summed E-state index contributed by atoms with van der Waals surface area (Å²) in [6.45, 7) is 4.06. The second-order valence-corrected chi connectivity index (χ2v) is 14.9. The third-order valence-electron chi connectivity index (χ3n) is 11.3. The molecule has 3 nitrogen and oxygen atoms in total. The summed E-state index contributed by atoms with van der Waals surface area (Å²) in [7, 11) is 0. The molecule has 58 heavy (non-hydrogen) atoms. The van der Waals surface area contributed by atoms with Crippen LogP contribution in [0.3, 0.4) is 0 Å². The number of nitrogens with zero attached hydrogens (tertiary/aromatic N) is 3. The van der Waals surface area contributed by atoms with Gasteiger partial charge >= 0.3 is 6.18 Å². The lowest BCUT2D eigenvalue weighted by Crippen LogP contribution is -2.17. The van der Waals surface area contributed by atoms with Crippen LogP contribution in [-0.4, -0.2) is 9.13 Å². The fourth-order valence-corrected chi connectivity index (χ4v) is 8.56. The van der Waals surface area contributed by atoms with E-state index in [1.165, 1.54) is 0 Å². The van der Waals surface area contributed by atoms with Crippen molar-refractivity contribution in [1.82, 2.24) is 9.13 Å². The number of hydrogen-bond acceptors (Lipinski definition) is 1. The zero-order valence-corrected chi connectivity index (χ0v) is 31.6. The van der Waals surface area contributed by atoms with Crippen LogP contribution in [0.1, 0.15) is 22.3 Å². The Morgan fingerprint density at radius 3 is 1.50 bits per heavy atom. The number of halogens is 3. The van der Waals surface area contributed by atoms with Gasteiger partial charge < -0.3 is 9.13 Å². The molecule has 2 aromatic heterocycles. The van der Waals surface area contributed by atoms with Crippen LogP contribution in [-0.2, 0) is 6.18 Å². The molecule has 0 amide bonds. The van der Waals surface area contributed by atoms with E-state index in [1.54, 1.807) is 45.5 Å². The van der Waals surface area contributed by atoms with Crippen molar-refractivity contribution in [2.24, 2.45) is 0 Å². The van der Waals surface area contributed by atoms with Crippen molar-refractivity contribution < 1.29 is 13.2 Å². The molecular weight excluding hydrogens is 724 g/mol. The van der Waals surface area contributed by atoms with E-state index in [9.17, 15) is 5.26 Å². The summed E-state index contributed by atoms with van der Waals surface area (Å²) >= 11 is 0. The maximum atomic E-state index is 16.6. The highest BCUT2D eigenvalue weighted by Gasteiger charge is 2.40. The van der Waals surface area contributed by atoms with E-state index in [2.05, 4.69) is 6.07 Å². The van der Waals surface area contributed by atoms with Crippen LogP contribution < -0.4 is 0 Å². The fraction of sp³-hybridized carbons (Fsp3) is 0.0577. The van der Waals surface area contributed by atoms with Crippen LogP contribution in [0.4, 0.5) is 13.2 Å². The van der Waals surface area contributed by atoms with E-state index in [1.807, 2.05) is 147 Å². The van der Waals surface area contributed by atoms with Crippen LogP contribution in [0.5, 0.6) is 0 Å². The average Bonchev–Trinajstić information content (AvgIpc) is 3.75. The fourth-order valence-electron chi connectivity index (χ4n) is 8.56. The second-order valence-electron chi connectivity index (χ2n) is 14.9. The largest absolute Gasteiger partial charge is 0.420 e. The minimum Gasteiger partial charge on any atom is -0.309 e. The Bertz CT molecular complexity index is 3290. The van der Waals surface area contributed by atoms with Crippen LogP contribution in [0.2, 0.25) is 0 Å². The number of nitriles is 1. The van der Waals surface area contributed by atoms with Crippen molar-refractivity contribution in [3.8, 4) is 50.8 Å². The van der Waals surface area contributed by atoms with E-state index >= 15 is 13.2 Å². The van der Waals surface area contributed by atoms with Crippen molar-refractivity contribution >= 4 is 43.6 Å². The first-order valence-corrected chi connectivity index (χ1v) is 19.1. The number of aromatic nitrogens is 2. The van der Waals surface area contributed by atoms with Crippen LogP contribution in [0, 0.1) is 25.2 Å². The number of aryl methyl sites for hydroxylation is 2. The van der Waals surface area contributed by atoms with Gasteiger partial charge in [0.05, 0.1) is 45.1 Å². The summed E-state index contributed by atoms with van der Waals surface area (Å²) in [5.41, 5.74) is 9.04. The molecule has 0 unspecified atom stereocenters. The highest BCUT2D eigenvalue weighted by atomic mass is 19.4. The summed E-state index contributed by atoms with van der Waals surface area (Å²) in [5, 5.41) is 13.3. The molecule has 0 aliphatic heterocycles. The summed E-state index contributed by atoms with van der Waals surface area (Å²) < 4.78 is 53.4. The lowest BCUT2D eigenvalue weighted by molar-refractivity contribution is -0.137. The first-order chi connectivity index (χ1) is 28.2. The molecular formula is C52H34F3N3. The minimum absolute atomic E-state index is 0.00651. The molecule has 0 spiro atoms. The zero-order chi connectivity index (χ0) is 39.7. The Labute approximate surface area is 333 Å². The summed E-state index contributed by atoms with van der Waals surface area (Å²) in [5.74, 6) is 0. The Morgan fingerprint density at radius 1 is 0.448 bits per heavy atom. The molecule has 6 heteroatoms.